The largest absolute Gasteiger partial charge is 0.466 e. The number of rotatable bonds is 7. The van der Waals surface area contributed by atoms with E-state index < -0.39 is 29.0 Å². The van der Waals surface area contributed by atoms with Gasteiger partial charge >= 0.3 is 5.97 Å². The summed E-state index contributed by atoms with van der Waals surface area (Å²) in [4.78, 5) is 21.6. The molecule has 1 rings (SSSR count). The van der Waals surface area contributed by atoms with Crippen molar-refractivity contribution in [2.24, 2.45) is 5.92 Å². The van der Waals surface area contributed by atoms with Gasteiger partial charge in [-0.3, -0.25) is 14.9 Å². The first-order valence-electron chi connectivity index (χ1n) is 5.71. The highest BCUT2D eigenvalue weighted by Gasteiger charge is 2.38. The quantitative estimate of drug-likeness (QED) is 0.290. The Hall–Kier alpha value is -1.47. The molecule has 0 aliphatic carbocycles. The van der Waals surface area contributed by atoms with E-state index in [4.69, 9.17) is 14.2 Å². The number of nitrogens with zero attached hydrogens (tertiary/aromatic N) is 1. The molecule has 0 unspecified atom stereocenters. The Morgan fingerprint density at radius 3 is 2.94 bits per heavy atom. The second-order valence-electron chi connectivity index (χ2n) is 3.90. The Labute approximate surface area is 105 Å². The fourth-order valence-electron chi connectivity index (χ4n) is 1.90. The monoisotopic (exact) mass is 259 g/mol. The van der Waals surface area contributed by atoms with Crippen molar-refractivity contribution in [1.82, 2.24) is 0 Å². The molecule has 7 nitrogen and oxygen atoms in total. The summed E-state index contributed by atoms with van der Waals surface area (Å²) < 4.78 is 15.3. The van der Waals surface area contributed by atoms with Crippen molar-refractivity contribution >= 4 is 5.97 Å². The minimum Gasteiger partial charge on any atom is -0.466 e. The van der Waals surface area contributed by atoms with Crippen molar-refractivity contribution in [1.29, 1.82) is 0 Å². The number of esters is 1. The van der Waals surface area contributed by atoms with Gasteiger partial charge in [0.25, 0.3) is 0 Å². The van der Waals surface area contributed by atoms with E-state index in [9.17, 15) is 14.9 Å². The highest BCUT2D eigenvalue weighted by molar-refractivity contribution is 5.69. The molecule has 1 heterocycles. The van der Waals surface area contributed by atoms with Crippen LogP contribution in [0.25, 0.3) is 0 Å². The third-order valence-corrected chi connectivity index (χ3v) is 2.66. The SMILES string of the molecule is C=C[C@H]1OCO[C@H]1[C@H](CC(=O)OCC)C[N+](=O)[O-]. The molecule has 3 atom stereocenters. The Morgan fingerprint density at radius 1 is 1.67 bits per heavy atom. The number of carbonyl (C=O) groups excluding carboxylic acids is 1. The summed E-state index contributed by atoms with van der Waals surface area (Å²) in [6, 6.07) is 0. The van der Waals surface area contributed by atoms with E-state index in [-0.39, 0.29) is 26.4 Å². The number of ether oxygens (including phenoxy) is 3. The predicted octanol–water partition coefficient (Wildman–Crippen LogP) is 0.760. The average Bonchev–Trinajstić information content (AvgIpc) is 2.75. The Bertz CT molecular complexity index is 319. The molecule has 7 heteroatoms. The lowest BCUT2D eigenvalue weighted by atomic mass is 9.94. The van der Waals surface area contributed by atoms with Gasteiger partial charge in [0.05, 0.1) is 25.0 Å². The van der Waals surface area contributed by atoms with Crippen LogP contribution in [-0.2, 0) is 19.0 Å². The second kappa shape index (κ2) is 7.07. The summed E-state index contributed by atoms with van der Waals surface area (Å²) in [6.07, 6.45) is 0.504. The highest BCUT2D eigenvalue weighted by atomic mass is 16.7. The van der Waals surface area contributed by atoms with Crippen LogP contribution in [-0.4, -0.2) is 43.0 Å². The van der Waals surface area contributed by atoms with Crippen molar-refractivity contribution in [2.45, 2.75) is 25.6 Å². The van der Waals surface area contributed by atoms with Crippen LogP contribution >= 0.6 is 0 Å². The van der Waals surface area contributed by atoms with Crippen molar-refractivity contribution in [3.8, 4) is 0 Å². The van der Waals surface area contributed by atoms with Crippen LogP contribution in [0.2, 0.25) is 0 Å². The third kappa shape index (κ3) is 4.08. The summed E-state index contributed by atoms with van der Waals surface area (Å²) >= 11 is 0. The minimum atomic E-state index is -0.579. The topological polar surface area (TPSA) is 87.9 Å². The number of nitro groups is 1. The molecule has 0 saturated carbocycles. The van der Waals surface area contributed by atoms with E-state index in [2.05, 4.69) is 6.58 Å². The van der Waals surface area contributed by atoms with Gasteiger partial charge in [-0.05, 0) is 6.92 Å². The lowest BCUT2D eigenvalue weighted by Gasteiger charge is -2.20. The van der Waals surface area contributed by atoms with E-state index in [0.717, 1.165) is 0 Å². The number of carbonyl (C=O) groups is 1. The van der Waals surface area contributed by atoms with E-state index in [0.29, 0.717) is 0 Å². The highest BCUT2D eigenvalue weighted by Crippen LogP contribution is 2.24. The molecule has 0 aromatic rings. The van der Waals surface area contributed by atoms with Crippen LogP contribution < -0.4 is 0 Å². The Kier molecular flexibility index (Phi) is 5.73. The smallest absolute Gasteiger partial charge is 0.306 e. The fraction of sp³-hybridized carbons (Fsp3) is 0.727. The zero-order valence-electron chi connectivity index (χ0n) is 10.2. The van der Waals surface area contributed by atoms with Crippen molar-refractivity contribution in [3.63, 3.8) is 0 Å². The van der Waals surface area contributed by atoms with E-state index in [1.165, 1.54) is 6.08 Å². The first kappa shape index (κ1) is 14.6. The van der Waals surface area contributed by atoms with Gasteiger partial charge in [-0.25, -0.2) is 0 Å². The molecule has 1 saturated heterocycles. The van der Waals surface area contributed by atoms with E-state index >= 15 is 0 Å². The summed E-state index contributed by atoms with van der Waals surface area (Å²) in [7, 11) is 0. The molecular formula is C11H17NO6. The lowest BCUT2D eigenvalue weighted by Crippen LogP contribution is -2.36. The normalized spacial score (nSPS) is 24.5. The maximum Gasteiger partial charge on any atom is 0.306 e. The van der Waals surface area contributed by atoms with Gasteiger partial charge < -0.3 is 14.2 Å². The van der Waals surface area contributed by atoms with Crippen molar-refractivity contribution in [3.05, 3.63) is 22.8 Å². The molecule has 1 aliphatic rings. The zero-order chi connectivity index (χ0) is 13.5. The molecule has 0 radical (unpaired) electrons. The first-order valence-corrected chi connectivity index (χ1v) is 5.71. The van der Waals surface area contributed by atoms with Crippen LogP contribution in [0, 0.1) is 16.0 Å². The average molecular weight is 259 g/mol. The number of hydrogen-bond donors (Lipinski definition) is 0. The molecule has 0 spiro atoms. The first-order chi connectivity index (χ1) is 8.58. The molecule has 0 aromatic heterocycles. The molecule has 102 valence electrons. The van der Waals surface area contributed by atoms with E-state index in [1.54, 1.807) is 6.92 Å². The predicted molar refractivity (Wildman–Crippen MR) is 61.4 cm³/mol. The second-order valence-corrected chi connectivity index (χ2v) is 3.90. The molecule has 0 amide bonds. The van der Waals surface area contributed by atoms with Crippen LogP contribution in [0.5, 0.6) is 0 Å². The van der Waals surface area contributed by atoms with E-state index in [1.807, 2.05) is 0 Å². The van der Waals surface area contributed by atoms with Gasteiger partial charge in [-0.1, -0.05) is 6.08 Å². The molecule has 1 fully saturated rings. The van der Waals surface area contributed by atoms with Gasteiger partial charge in [-0.2, -0.15) is 0 Å². The maximum absolute atomic E-state index is 11.4. The minimum absolute atomic E-state index is 0.0540. The van der Waals surface area contributed by atoms with Crippen molar-refractivity contribution in [2.75, 3.05) is 19.9 Å². The number of hydrogen-bond acceptors (Lipinski definition) is 6. The van der Waals surface area contributed by atoms with Gasteiger partial charge in [0.1, 0.15) is 12.9 Å². The van der Waals surface area contributed by atoms with Crippen LogP contribution in [0.3, 0.4) is 0 Å². The molecule has 0 N–H and O–H groups in total. The summed E-state index contributed by atoms with van der Waals surface area (Å²) in [5.41, 5.74) is 0. The van der Waals surface area contributed by atoms with Gasteiger partial charge in [0.2, 0.25) is 6.54 Å². The molecular weight excluding hydrogens is 242 g/mol. The summed E-state index contributed by atoms with van der Waals surface area (Å²) in [5, 5.41) is 10.6. The van der Waals surface area contributed by atoms with Crippen LogP contribution in [0.4, 0.5) is 0 Å². The van der Waals surface area contributed by atoms with Crippen LogP contribution in [0.15, 0.2) is 12.7 Å². The van der Waals surface area contributed by atoms with Gasteiger partial charge in [0.15, 0.2) is 0 Å². The standard InChI is InChI=1S/C11H17NO6/c1-3-9-11(18-7-17-9)8(6-12(14)15)5-10(13)16-4-2/h3,8-9,11H,1,4-7H2,2H3/t8-,9-,11+/m1/s1. The Balaban J connectivity index is 2.67. The lowest BCUT2D eigenvalue weighted by molar-refractivity contribution is -0.490. The van der Waals surface area contributed by atoms with Crippen molar-refractivity contribution < 1.29 is 23.9 Å². The molecule has 18 heavy (non-hydrogen) atoms. The molecule has 1 aliphatic heterocycles. The fourth-order valence-corrected chi connectivity index (χ4v) is 1.90. The third-order valence-electron chi connectivity index (χ3n) is 2.66. The van der Waals surface area contributed by atoms with Crippen LogP contribution in [0.1, 0.15) is 13.3 Å². The Morgan fingerprint density at radius 2 is 2.39 bits per heavy atom. The zero-order valence-corrected chi connectivity index (χ0v) is 10.2. The summed E-state index contributed by atoms with van der Waals surface area (Å²) in [6.45, 7) is 5.20. The molecule has 0 aromatic carbocycles. The van der Waals surface area contributed by atoms with Gasteiger partial charge in [0, 0.05) is 4.92 Å². The molecule has 0 bridgehead atoms. The maximum atomic E-state index is 11.4. The van der Waals surface area contributed by atoms with Gasteiger partial charge in [-0.15, -0.1) is 6.58 Å². The summed E-state index contributed by atoms with van der Waals surface area (Å²) in [5.74, 6) is -1.05.